The molecule has 2 fully saturated rings. The van der Waals surface area contributed by atoms with E-state index in [1.807, 2.05) is 0 Å². The van der Waals surface area contributed by atoms with Crippen LogP contribution in [-0.4, -0.2) is 44.3 Å². The van der Waals surface area contributed by atoms with Crippen molar-refractivity contribution in [1.82, 2.24) is 4.90 Å². The highest BCUT2D eigenvalue weighted by Crippen LogP contribution is 2.23. The van der Waals surface area contributed by atoms with E-state index >= 15 is 0 Å². The molecule has 16 heavy (non-hydrogen) atoms. The Morgan fingerprint density at radius 2 is 1.94 bits per heavy atom. The van der Waals surface area contributed by atoms with Crippen molar-refractivity contribution in [3.63, 3.8) is 0 Å². The van der Waals surface area contributed by atoms with Crippen molar-refractivity contribution in [2.45, 2.75) is 32.1 Å². The Morgan fingerprint density at radius 1 is 1.19 bits per heavy atom. The van der Waals surface area contributed by atoms with E-state index in [4.69, 9.17) is 10.5 Å². The van der Waals surface area contributed by atoms with Gasteiger partial charge in [0.15, 0.2) is 0 Å². The molecule has 0 aliphatic carbocycles. The number of nitrogens with two attached hydrogens (primary N) is 1. The van der Waals surface area contributed by atoms with Crippen LogP contribution in [0.5, 0.6) is 0 Å². The number of hydrogen-bond donors (Lipinski definition) is 1. The van der Waals surface area contributed by atoms with E-state index in [9.17, 15) is 0 Å². The first kappa shape index (κ1) is 12.3. The van der Waals surface area contributed by atoms with E-state index in [2.05, 4.69) is 4.90 Å². The summed E-state index contributed by atoms with van der Waals surface area (Å²) in [4.78, 5) is 2.63. The summed E-state index contributed by atoms with van der Waals surface area (Å²) >= 11 is 0. The normalized spacial score (nSPS) is 30.2. The van der Waals surface area contributed by atoms with Crippen LogP contribution in [0.4, 0.5) is 0 Å². The molecule has 2 atom stereocenters. The first-order valence-corrected chi connectivity index (χ1v) is 6.90. The van der Waals surface area contributed by atoms with E-state index in [1.165, 1.54) is 51.7 Å². The highest BCUT2D eigenvalue weighted by molar-refractivity contribution is 4.78. The SMILES string of the molecule is NCC(CN1CCCCCC1)C1CCOC1. The van der Waals surface area contributed by atoms with Crippen LogP contribution in [0, 0.1) is 11.8 Å². The Balaban J connectivity index is 1.79. The molecule has 2 unspecified atom stereocenters. The van der Waals surface area contributed by atoms with Crippen LogP contribution < -0.4 is 5.73 Å². The first-order valence-electron chi connectivity index (χ1n) is 6.90. The Morgan fingerprint density at radius 3 is 2.50 bits per heavy atom. The van der Waals surface area contributed by atoms with E-state index in [0.717, 1.165) is 19.8 Å². The predicted molar refractivity (Wildman–Crippen MR) is 66.4 cm³/mol. The van der Waals surface area contributed by atoms with Gasteiger partial charge in [-0.3, -0.25) is 0 Å². The number of rotatable bonds is 4. The Labute approximate surface area is 99.3 Å². The third-order valence-electron chi connectivity index (χ3n) is 4.13. The molecule has 0 spiro atoms. The highest BCUT2D eigenvalue weighted by atomic mass is 16.5. The van der Waals surface area contributed by atoms with Gasteiger partial charge in [-0.05, 0) is 50.7 Å². The molecular weight excluding hydrogens is 200 g/mol. The van der Waals surface area contributed by atoms with Gasteiger partial charge in [0.25, 0.3) is 0 Å². The van der Waals surface area contributed by atoms with Crippen molar-refractivity contribution in [2.24, 2.45) is 17.6 Å². The fraction of sp³-hybridized carbons (Fsp3) is 1.00. The van der Waals surface area contributed by atoms with Gasteiger partial charge in [0.05, 0.1) is 0 Å². The fourth-order valence-corrected chi connectivity index (χ4v) is 2.99. The molecule has 3 nitrogen and oxygen atoms in total. The van der Waals surface area contributed by atoms with E-state index in [0.29, 0.717) is 11.8 Å². The van der Waals surface area contributed by atoms with Gasteiger partial charge in [-0.15, -0.1) is 0 Å². The van der Waals surface area contributed by atoms with Gasteiger partial charge < -0.3 is 15.4 Å². The lowest BCUT2D eigenvalue weighted by molar-refractivity contribution is 0.153. The van der Waals surface area contributed by atoms with E-state index < -0.39 is 0 Å². The van der Waals surface area contributed by atoms with Crippen molar-refractivity contribution < 1.29 is 4.74 Å². The topological polar surface area (TPSA) is 38.5 Å². The summed E-state index contributed by atoms with van der Waals surface area (Å²) in [7, 11) is 0. The lowest BCUT2D eigenvalue weighted by Crippen LogP contribution is -2.37. The highest BCUT2D eigenvalue weighted by Gasteiger charge is 2.26. The van der Waals surface area contributed by atoms with Crippen LogP contribution >= 0.6 is 0 Å². The quantitative estimate of drug-likeness (QED) is 0.789. The first-order chi connectivity index (χ1) is 7.90. The summed E-state index contributed by atoms with van der Waals surface area (Å²) in [6.45, 7) is 6.47. The van der Waals surface area contributed by atoms with Crippen LogP contribution in [0.25, 0.3) is 0 Å². The zero-order valence-electron chi connectivity index (χ0n) is 10.4. The minimum atomic E-state index is 0.653. The molecular formula is C13H26N2O. The maximum atomic E-state index is 5.93. The summed E-state index contributed by atoms with van der Waals surface area (Å²) in [5, 5.41) is 0. The summed E-state index contributed by atoms with van der Waals surface area (Å²) in [5.41, 5.74) is 5.93. The number of nitrogens with zero attached hydrogens (tertiary/aromatic N) is 1. The molecule has 2 N–H and O–H groups in total. The van der Waals surface area contributed by atoms with Crippen LogP contribution in [0.2, 0.25) is 0 Å². The van der Waals surface area contributed by atoms with Gasteiger partial charge in [-0.1, -0.05) is 12.8 Å². The van der Waals surface area contributed by atoms with Gasteiger partial charge in [-0.2, -0.15) is 0 Å². The average molecular weight is 226 g/mol. The molecule has 2 heterocycles. The molecule has 0 aromatic heterocycles. The Bertz CT molecular complexity index is 184. The smallest absolute Gasteiger partial charge is 0.0498 e. The minimum absolute atomic E-state index is 0.653. The second-order valence-electron chi connectivity index (χ2n) is 5.33. The Hall–Kier alpha value is -0.120. The molecule has 0 radical (unpaired) electrons. The van der Waals surface area contributed by atoms with E-state index in [-0.39, 0.29) is 0 Å². The summed E-state index contributed by atoms with van der Waals surface area (Å²) in [6.07, 6.45) is 6.79. The molecule has 94 valence electrons. The lowest BCUT2D eigenvalue weighted by Gasteiger charge is -2.28. The maximum absolute atomic E-state index is 5.93. The van der Waals surface area contributed by atoms with Crippen molar-refractivity contribution in [3.8, 4) is 0 Å². The summed E-state index contributed by atoms with van der Waals surface area (Å²) in [6, 6.07) is 0. The molecule has 0 saturated carbocycles. The van der Waals surface area contributed by atoms with E-state index in [1.54, 1.807) is 0 Å². The number of ether oxygens (including phenoxy) is 1. The molecule has 2 rings (SSSR count). The average Bonchev–Trinajstić information content (AvgIpc) is 2.71. The zero-order chi connectivity index (χ0) is 11.2. The fourth-order valence-electron chi connectivity index (χ4n) is 2.99. The third-order valence-corrected chi connectivity index (χ3v) is 4.13. The van der Waals surface area contributed by atoms with Gasteiger partial charge in [0.1, 0.15) is 0 Å². The number of likely N-dealkylation sites (tertiary alicyclic amines) is 1. The monoisotopic (exact) mass is 226 g/mol. The molecule has 2 saturated heterocycles. The molecule has 0 bridgehead atoms. The summed E-state index contributed by atoms with van der Waals surface area (Å²) < 4.78 is 5.48. The van der Waals surface area contributed by atoms with Gasteiger partial charge in [0, 0.05) is 19.8 Å². The third kappa shape index (κ3) is 3.44. The maximum Gasteiger partial charge on any atom is 0.0498 e. The zero-order valence-corrected chi connectivity index (χ0v) is 10.4. The second-order valence-corrected chi connectivity index (χ2v) is 5.33. The molecule has 0 aromatic rings. The molecule has 0 aromatic carbocycles. The van der Waals surface area contributed by atoms with Crippen molar-refractivity contribution in [1.29, 1.82) is 0 Å². The lowest BCUT2D eigenvalue weighted by atomic mass is 9.91. The van der Waals surface area contributed by atoms with Crippen molar-refractivity contribution >= 4 is 0 Å². The Kier molecular flexibility index (Phi) is 5.07. The van der Waals surface area contributed by atoms with Crippen molar-refractivity contribution in [2.75, 3.05) is 39.4 Å². The second kappa shape index (κ2) is 6.58. The van der Waals surface area contributed by atoms with Gasteiger partial charge >= 0.3 is 0 Å². The molecule has 2 aliphatic rings. The standard InChI is InChI=1S/C13H26N2O/c14-9-13(12-5-8-16-11-12)10-15-6-3-1-2-4-7-15/h12-13H,1-11,14H2. The molecule has 0 amide bonds. The minimum Gasteiger partial charge on any atom is -0.381 e. The predicted octanol–water partition coefficient (Wildman–Crippen LogP) is 1.47. The van der Waals surface area contributed by atoms with Gasteiger partial charge in [-0.25, -0.2) is 0 Å². The largest absolute Gasteiger partial charge is 0.381 e. The van der Waals surface area contributed by atoms with Crippen LogP contribution in [-0.2, 0) is 4.74 Å². The number of hydrogen-bond acceptors (Lipinski definition) is 3. The summed E-state index contributed by atoms with van der Waals surface area (Å²) in [5.74, 6) is 1.37. The van der Waals surface area contributed by atoms with Crippen LogP contribution in [0.1, 0.15) is 32.1 Å². The van der Waals surface area contributed by atoms with Crippen LogP contribution in [0.3, 0.4) is 0 Å². The van der Waals surface area contributed by atoms with Crippen LogP contribution in [0.15, 0.2) is 0 Å². The molecule has 3 heteroatoms. The molecule has 2 aliphatic heterocycles. The van der Waals surface area contributed by atoms with Gasteiger partial charge in [0.2, 0.25) is 0 Å². The van der Waals surface area contributed by atoms with Crippen molar-refractivity contribution in [3.05, 3.63) is 0 Å².